The fourth-order valence-electron chi connectivity index (χ4n) is 5.48. The highest BCUT2D eigenvalue weighted by Gasteiger charge is 2.45. The maximum Gasteiger partial charge on any atom is 0.343 e. The summed E-state index contributed by atoms with van der Waals surface area (Å²) >= 11 is 0. The van der Waals surface area contributed by atoms with Gasteiger partial charge in [0.1, 0.15) is 6.61 Å². The molecular weight excluding hydrogens is 380 g/mol. The Balaban J connectivity index is 1.68. The topological polar surface area (TPSA) is 81.4 Å². The number of hydrogen-bond donors (Lipinski definition) is 1. The highest BCUT2D eigenvalue weighted by Crippen LogP contribution is 2.42. The number of aliphatic hydroxyl groups is 1. The van der Waals surface area contributed by atoms with Gasteiger partial charge in [-0.1, -0.05) is 13.0 Å². The zero-order valence-corrected chi connectivity index (χ0v) is 17.0. The molecule has 3 aromatic rings. The molecule has 1 N–H and O–H groups in total. The van der Waals surface area contributed by atoms with Crippen LogP contribution in [0.15, 0.2) is 23.0 Å². The first-order chi connectivity index (χ1) is 14.4. The van der Waals surface area contributed by atoms with Crippen LogP contribution >= 0.6 is 0 Å². The number of rotatable bonds is 1. The molecule has 0 spiro atoms. The van der Waals surface area contributed by atoms with E-state index in [1.165, 1.54) is 22.1 Å². The molecule has 1 aliphatic carbocycles. The molecule has 6 nitrogen and oxygen atoms in total. The number of carbonyl (C=O) groups is 1. The molecule has 0 saturated carbocycles. The average molecular weight is 402 g/mol. The predicted molar refractivity (Wildman–Crippen MR) is 111 cm³/mol. The zero-order chi connectivity index (χ0) is 20.8. The van der Waals surface area contributed by atoms with Crippen molar-refractivity contribution in [2.45, 2.75) is 58.3 Å². The molecule has 2 aromatic heterocycles. The van der Waals surface area contributed by atoms with Crippen molar-refractivity contribution in [2.24, 2.45) is 0 Å². The Bertz CT molecular complexity index is 1350. The van der Waals surface area contributed by atoms with Crippen molar-refractivity contribution in [2.75, 3.05) is 0 Å². The molecule has 0 fully saturated rings. The summed E-state index contributed by atoms with van der Waals surface area (Å²) in [6, 6.07) is 5.96. The lowest BCUT2D eigenvalue weighted by molar-refractivity contribution is -0.172. The number of fused-ring (bicyclic) bond motifs is 5. The number of hydrogen-bond acceptors (Lipinski definition) is 5. The van der Waals surface area contributed by atoms with Crippen LogP contribution in [0.5, 0.6) is 0 Å². The monoisotopic (exact) mass is 402 g/mol. The molecule has 4 heterocycles. The van der Waals surface area contributed by atoms with Crippen LogP contribution in [-0.4, -0.2) is 20.6 Å². The molecule has 0 amide bonds. The normalized spacial score (nSPS) is 21.2. The first-order valence-electron chi connectivity index (χ1n) is 10.5. The van der Waals surface area contributed by atoms with Gasteiger partial charge in [0.15, 0.2) is 5.60 Å². The zero-order valence-electron chi connectivity index (χ0n) is 17.0. The Kier molecular flexibility index (Phi) is 3.44. The van der Waals surface area contributed by atoms with Crippen LogP contribution < -0.4 is 5.56 Å². The van der Waals surface area contributed by atoms with E-state index in [2.05, 4.69) is 19.1 Å². The Morgan fingerprint density at radius 3 is 2.77 bits per heavy atom. The van der Waals surface area contributed by atoms with Crippen LogP contribution in [0.3, 0.4) is 0 Å². The van der Waals surface area contributed by atoms with Crippen molar-refractivity contribution in [1.82, 2.24) is 9.55 Å². The second-order valence-electron chi connectivity index (χ2n) is 8.63. The lowest BCUT2D eigenvalue weighted by atomic mass is 9.84. The number of esters is 1. The molecule has 1 aromatic carbocycles. The van der Waals surface area contributed by atoms with Gasteiger partial charge >= 0.3 is 5.97 Å². The van der Waals surface area contributed by atoms with E-state index in [1.54, 1.807) is 17.6 Å². The molecule has 0 unspecified atom stereocenters. The van der Waals surface area contributed by atoms with Crippen LogP contribution in [0, 0.1) is 6.92 Å². The summed E-state index contributed by atoms with van der Waals surface area (Å²) in [6.45, 7) is 4.24. The molecule has 0 saturated heterocycles. The maximum absolute atomic E-state index is 13.3. The summed E-state index contributed by atoms with van der Waals surface area (Å²) < 4.78 is 6.88. The number of cyclic esters (lactones) is 1. The van der Waals surface area contributed by atoms with Crippen LogP contribution in [0.4, 0.5) is 0 Å². The van der Waals surface area contributed by atoms with Crippen molar-refractivity contribution in [1.29, 1.82) is 0 Å². The number of aryl methyl sites for hydroxylation is 3. The van der Waals surface area contributed by atoms with Crippen molar-refractivity contribution in [3.05, 3.63) is 61.9 Å². The average Bonchev–Trinajstić information content (AvgIpc) is 3.13. The van der Waals surface area contributed by atoms with E-state index in [9.17, 15) is 14.7 Å². The van der Waals surface area contributed by atoms with E-state index < -0.39 is 11.6 Å². The third-order valence-electron chi connectivity index (χ3n) is 7.16. The first kappa shape index (κ1) is 17.8. The van der Waals surface area contributed by atoms with E-state index in [1.807, 2.05) is 0 Å². The second-order valence-corrected chi connectivity index (χ2v) is 8.63. The van der Waals surface area contributed by atoms with Crippen molar-refractivity contribution >= 4 is 16.9 Å². The van der Waals surface area contributed by atoms with Crippen LogP contribution in [0.25, 0.3) is 22.3 Å². The summed E-state index contributed by atoms with van der Waals surface area (Å²) in [7, 11) is 0. The van der Waals surface area contributed by atoms with Gasteiger partial charge in [0.2, 0.25) is 0 Å². The van der Waals surface area contributed by atoms with Crippen LogP contribution in [0.1, 0.15) is 53.1 Å². The highest BCUT2D eigenvalue weighted by atomic mass is 16.6. The molecule has 30 heavy (non-hydrogen) atoms. The van der Waals surface area contributed by atoms with Gasteiger partial charge in [-0.3, -0.25) is 4.79 Å². The minimum Gasteiger partial charge on any atom is -0.458 e. The van der Waals surface area contributed by atoms with E-state index in [0.29, 0.717) is 23.4 Å². The molecule has 2 aliphatic heterocycles. The van der Waals surface area contributed by atoms with E-state index in [4.69, 9.17) is 9.72 Å². The summed E-state index contributed by atoms with van der Waals surface area (Å²) in [5.41, 5.74) is 6.21. The van der Waals surface area contributed by atoms with E-state index in [-0.39, 0.29) is 18.6 Å². The fraction of sp³-hybridized carbons (Fsp3) is 0.375. The lowest BCUT2D eigenvalue weighted by Crippen LogP contribution is -2.44. The van der Waals surface area contributed by atoms with Gasteiger partial charge in [0, 0.05) is 16.5 Å². The van der Waals surface area contributed by atoms with Gasteiger partial charge in [-0.05, 0) is 61.4 Å². The van der Waals surface area contributed by atoms with Gasteiger partial charge < -0.3 is 14.4 Å². The second kappa shape index (κ2) is 5.79. The Labute approximate surface area is 173 Å². The van der Waals surface area contributed by atoms with Crippen molar-refractivity contribution < 1.29 is 14.6 Å². The van der Waals surface area contributed by atoms with Gasteiger partial charge in [-0.25, -0.2) is 9.78 Å². The first-order valence-corrected chi connectivity index (χ1v) is 10.5. The largest absolute Gasteiger partial charge is 0.458 e. The molecule has 0 radical (unpaired) electrons. The number of carbonyl (C=O) groups excluding carboxylic acids is 1. The standard InChI is InChI=1S/C24H22N2O4/c1-3-24(29)17-9-19-21-15(10-26(19)22(27)16(17)11-30-23(24)28)14-6-4-5-13-12(2)7-8-18(25-21)20(13)14/h7-9,29H,3-6,10-11H2,1-2H3/t24-/m0/s1. The minimum absolute atomic E-state index is 0.0997. The summed E-state index contributed by atoms with van der Waals surface area (Å²) in [6.07, 6.45) is 3.26. The highest BCUT2D eigenvalue weighted by molar-refractivity contribution is 5.92. The molecule has 1 atom stereocenters. The van der Waals surface area contributed by atoms with Crippen LogP contribution in [-0.2, 0) is 41.1 Å². The number of ether oxygens (including phenoxy) is 1. The molecular formula is C24H22N2O4. The summed E-state index contributed by atoms with van der Waals surface area (Å²) in [4.78, 5) is 30.6. The maximum atomic E-state index is 13.3. The summed E-state index contributed by atoms with van der Waals surface area (Å²) in [5, 5.41) is 12.3. The Hall–Kier alpha value is -2.99. The van der Waals surface area contributed by atoms with Crippen molar-refractivity contribution in [3.8, 4) is 11.4 Å². The third kappa shape index (κ3) is 2.04. The van der Waals surface area contributed by atoms with E-state index >= 15 is 0 Å². The van der Waals surface area contributed by atoms with Gasteiger partial charge in [-0.2, -0.15) is 0 Å². The summed E-state index contributed by atoms with van der Waals surface area (Å²) in [5.74, 6) is -0.693. The smallest absolute Gasteiger partial charge is 0.343 e. The third-order valence-corrected chi connectivity index (χ3v) is 7.16. The Morgan fingerprint density at radius 1 is 1.17 bits per heavy atom. The van der Waals surface area contributed by atoms with E-state index in [0.717, 1.165) is 36.0 Å². The molecule has 6 heteroatoms. The molecule has 152 valence electrons. The van der Waals surface area contributed by atoms with Gasteiger partial charge in [0.25, 0.3) is 5.56 Å². The molecule has 3 aliphatic rings. The van der Waals surface area contributed by atoms with Crippen molar-refractivity contribution in [3.63, 3.8) is 0 Å². The quantitative estimate of drug-likeness (QED) is 0.495. The SMILES string of the molecule is CC[C@@]1(O)C(=O)OCc2c1cc1n(c2=O)Cc2c-1nc1ccc(C)c3c1c2CCC3. The van der Waals surface area contributed by atoms with Gasteiger partial charge in [0.05, 0.1) is 29.0 Å². The number of pyridine rings is 2. The Morgan fingerprint density at radius 2 is 1.97 bits per heavy atom. The molecule has 0 bridgehead atoms. The number of aromatic nitrogens is 2. The van der Waals surface area contributed by atoms with Crippen LogP contribution in [0.2, 0.25) is 0 Å². The van der Waals surface area contributed by atoms with Gasteiger partial charge in [-0.15, -0.1) is 0 Å². The number of nitrogens with zero attached hydrogens (tertiary/aromatic N) is 2. The minimum atomic E-state index is -1.79. The fourth-order valence-corrected chi connectivity index (χ4v) is 5.48. The lowest BCUT2D eigenvalue weighted by Gasteiger charge is -2.31. The molecule has 6 rings (SSSR count). The number of benzene rings is 1. The predicted octanol–water partition coefficient (Wildman–Crippen LogP) is 2.88.